The van der Waals surface area contributed by atoms with Crippen LogP contribution in [0.4, 0.5) is 0 Å². The summed E-state index contributed by atoms with van der Waals surface area (Å²) in [6.45, 7) is 0.544. The second-order valence-electron chi connectivity index (χ2n) is 5.67. The van der Waals surface area contributed by atoms with Crippen molar-refractivity contribution < 1.29 is 19.0 Å². The molecular formula is C22H20O4. The van der Waals surface area contributed by atoms with E-state index in [0.29, 0.717) is 23.7 Å². The molecule has 0 radical (unpaired) electrons. The summed E-state index contributed by atoms with van der Waals surface area (Å²) in [7, 11) is 1.52. The molecule has 0 saturated carbocycles. The molecule has 3 rings (SSSR count). The molecule has 3 aromatic carbocycles. The lowest BCUT2D eigenvalue weighted by Gasteiger charge is -2.14. The minimum Gasteiger partial charge on any atom is -0.496 e. The summed E-state index contributed by atoms with van der Waals surface area (Å²) in [5.74, 6) is 0.384. The Kier molecular flexibility index (Phi) is 5.88. The fourth-order valence-electron chi connectivity index (χ4n) is 2.53. The molecule has 0 heterocycles. The molecule has 132 valence electrons. The Bertz CT molecular complexity index is 845. The third-order valence-electron chi connectivity index (χ3n) is 3.86. The Morgan fingerprint density at radius 1 is 0.731 bits per heavy atom. The number of methoxy groups -OCH3 is 1. The van der Waals surface area contributed by atoms with Gasteiger partial charge in [0.2, 0.25) is 0 Å². The second kappa shape index (κ2) is 8.72. The number of rotatable bonds is 7. The maximum atomic E-state index is 12.6. The smallest absolute Gasteiger partial charge is 0.346 e. The first-order valence-electron chi connectivity index (χ1n) is 8.32. The normalized spacial score (nSPS) is 10.2. The van der Waals surface area contributed by atoms with Crippen molar-refractivity contribution in [3.8, 4) is 11.5 Å². The Morgan fingerprint density at radius 2 is 1.31 bits per heavy atom. The van der Waals surface area contributed by atoms with Crippen LogP contribution in [0.2, 0.25) is 0 Å². The number of hydrogen-bond donors (Lipinski definition) is 0. The van der Waals surface area contributed by atoms with E-state index in [-0.39, 0.29) is 6.61 Å². The summed E-state index contributed by atoms with van der Waals surface area (Å²) in [5, 5.41) is 0. The maximum absolute atomic E-state index is 12.6. The van der Waals surface area contributed by atoms with E-state index in [4.69, 9.17) is 14.2 Å². The number of ether oxygens (including phenoxy) is 3. The lowest BCUT2D eigenvalue weighted by Crippen LogP contribution is -2.10. The predicted molar refractivity (Wildman–Crippen MR) is 99.3 cm³/mol. The minimum atomic E-state index is -0.477. The largest absolute Gasteiger partial charge is 0.496 e. The van der Waals surface area contributed by atoms with Crippen molar-refractivity contribution in [3.63, 3.8) is 0 Å². The van der Waals surface area contributed by atoms with E-state index in [1.54, 1.807) is 18.2 Å². The molecule has 0 bridgehead atoms. The van der Waals surface area contributed by atoms with Crippen LogP contribution in [0.25, 0.3) is 0 Å². The van der Waals surface area contributed by atoms with Gasteiger partial charge in [-0.25, -0.2) is 4.79 Å². The summed E-state index contributed by atoms with van der Waals surface area (Å²) >= 11 is 0. The number of esters is 1. The molecule has 0 aliphatic rings. The van der Waals surface area contributed by atoms with Gasteiger partial charge in [0.05, 0.1) is 7.11 Å². The predicted octanol–water partition coefficient (Wildman–Crippen LogP) is 4.63. The van der Waals surface area contributed by atoms with Crippen LogP contribution in [0.15, 0.2) is 78.9 Å². The Labute approximate surface area is 153 Å². The summed E-state index contributed by atoms with van der Waals surface area (Å²) in [6.07, 6.45) is 0. The van der Waals surface area contributed by atoms with E-state index in [9.17, 15) is 4.79 Å². The van der Waals surface area contributed by atoms with Gasteiger partial charge < -0.3 is 14.2 Å². The van der Waals surface area contributed by atoms with Crippen LogP contribution in [0.5, 0.6) is 11.5 Å². The molecule has 0 spiro atoms. The van der Waals surface area contributed by atoms with Gasteiger partial charge in [0.15, 0.2) is 0 Å². The van der Waals surface area contributed by atoms with Crippen LogP contribution in [0.3, 0.4) is 0 Å². The molecule has 4 nitrogen and oxygen atoms in total. The average Bonchev–Trinajstić information content (AvgIpc) is 2.71. The molecule has 0 aliphatic heterocycles. The first kappa shape index (κ1) is 17.5. The van der Waals surface area contributed by atoms with Gasteiger partial charge in [0, 0.05) is 0 Å². The highest BCUT2D eigenvalue weighted by molar-refractivity contribution is 5.95. The molecule has 0 saturated heterocycles. The zero-order chi connectivity index (χ0) is 18.2. The van der Waals surface area contributed by atoms with Crippen LogP contribution in [-0.2, 0) is 18.0 Å². The SMILES string of the molecule is COc1cccc(OCc2ccccc2)c1C(=O)OCc1ccccc1. The van der Waals surface area contributed by atoms with E-state index in [0.717, 1.165) is 11.1 Å². The van der Waals surface area contributed by atoms with Crippen LogP contribution in [0.1, 0.15) is 21.5 Å². The first-order chi connectivity index (χ1) is 12.8. The lowest BCUT2D eigenvalue weighted by molar-refractivity contribution is 0.0463. The van der Waals surface area contributed by atoms with Gasteiger partial charge in [0.1, 0.15) is 30.3 Å². The highest BCUT2D eigenvalue weighted by atomic mass is 16.5. The van der Waals surface area contributed by atoms with Crippen molar-refractivity contribution in [3.05, 3.63) is 95.6 Å². The summed E-state index contributed by atoms with van der Waals surface area (Å²) in [6, 6.07) is 24.5. The maximum Gasteiger partial charge on any atom is 0.346 e. The Morgan fingerprint density at radius 3 is 1.92 bits per heavy atom. The molecule has 0 aromatic heterocycles. The summed E-state index contributed by atoms with van der Waals surface area (Å²) < 4.78 is 16.6. The van der Waals surface area contributed by atoms with Crippen molar-refractivity contribution >= 4 is 5.97 Å². The van der Waals surface area contributed by atoms with E-state index in [1.807, 2.05) is 60.7 Å². The van der Waals surface area contributed by atoms with Crippen molar-refractivity contribution in [2.75, 3.05) is 7.11 Å². The average molecular weight is 348 g/mol. The van der Waals surface area contributed by atoms with Gasteiger partial charge in [-0.05, 0) is 23.3 Å². The van der Waals surface area contributed by atoms with Crippen LogP contribution in [-0.4, -0.2) is 13.1 Å². The van der Waals surface area contributed by atoms with Gasteiger partial charge in [-0.2, -0.15) is 0 Å². The topological polar surface area (TPSA) is 44.8 Å². The summed E-state index contributed by atoms with van der Waals surface area (Å²) in [5.41, 5.74) is 2.23. The molecule has 0 aliphatic carbocycles. The molecule has 0 amide bonds. The Hall–Kier alpha value is -3.27. The fraction of sp³-hybridized carbons (Fsp3) is 0.136. The molecule has 3 aromatic rings. The van der Waals surface area contributed by atoms with Crippen LogP contribution < -0.4 is 9.47 Å². The zero-order valence-corrected chi connectivity index (χ0v) is 14.6. The quantitative estimate of drug-likeness (QED) is 0.584. The highest BCUT2D eigenvalue weighted by Gasteiger charge is 2.20. The third kappa shape index (κ3) is 4.42. The summed E-state index contributed by atoms with van der Waals surface area (Å²) in [4.78, 5) is 12.6. The third-order valence-corrected chi connectivity index (χ3v) is 3.86. The standard InChI is InChI=1S/C22H20O4/c1-24-19-13-8-14-20(25-15-17-9-4-2-5-10-17)21(19)22(23)26-16-18-11-6-3-7-12-18/h2-14H,15-16H2,1H3. The molecule has 0 fully saturated rings. The number of benzene rings is 3. The van der Waals surface area contributed by atoms with Gasteiger partial charge in [-0.15, -0.1) is 0 Å². The van der Waals surface area contributed by atoms with Gasteiger partial charge >= 0.3 is 5.97 Å². The van der Waals surface area contributed by atoms with Crippen molar-refractivity contribution in [2.24, 2.45) is 0 Å². The molecular weight excluding hydrogens is 328 g/mol. The Balaban J connectivity index is 1.76. The van der Waals surface area contributed by atoms with E-state index >= 15 is 0 Å². The second-order valence-corrected chi connectivity index (χ2v) is 5.67. The highest BCUT2D eigenvalue weighted by Crippen LogP contribution is 2.30. The lowest BCUT2D eigenvalue weighted by atomic mass is 10.1. The first-order valence-corrected chi connectivity index (χ1v) is 8.32. The van der Waals surface area contributed by atoms with E-state index in [1.165, 1.54) is 7.11 Å². The van der Waals surface area contributed by atoms with Gasteiger partial charge in [-0.1, -0.05) is 66.7 Å². The van der Waals surface area contributed by atoms with Crippen molar-refractivity contribution in [1.29, 1.82) is 0 Å². The van der Waals surface area contributed by atoms with Crippen molar-refractivity contribution in [1.82, 2.24) is 0 Å². The molecule has 0 atom stereocenters. The number of hydrogen-bond acceptors (Lipinski definition) is 4. The fourth-order valence-corrected chi connectivity index (χ4v) is 2.53. The molecule has 4 heteroatoms. The number of carbonyl (C=O) groups is 1. The molecule has 0 unspecified atom stereocenters. The van der Waals surface area contributed by atoms with Gasteiger partial charge in [0.25, 0.3) is 0 Å². The minimum absolute atomic E-state index is 0.190. The monoisotopic (exact) mass is 348 g/mol. The van der Waals surface area contributed by atoms with Gasteiger partial charge in [-0.3, -0.25) is 0 Å². The van der Waals surface area contributed by atoms with E-state index in [2.05, 4.69) is 0 Å². The van der Waals surface area contributed by atoms with Crippen LogP contribution in [0, 0.1) is 0 Å². The molecule has 26 heavy (non-hydrogen) atoms. The van der Waals surface area contributed by atoms with Crippen molar-refractivity contribution in [2.45, 2.75) is 13.2 Å². The molecule has 0 N–H and O–H groups in total. The number of carbonyl (C=O) groups excluding carboxylic acids is 1. The zero-order valence-electron chi connectivity index (χ0n) is 14.6. The van der Waals surface area contributed by atoms with Crippen LogP contribution >= 0.6 is 0 Å². The van der Waals surface area contributed by atoms with E-state index < -0.39 is 5.97 Å².